The van der Waals surface area contributed by atoms with Crippen LogP contribution in [0.5, 0.6) is 0 Å². The zero-order valence-corrected chi connectivity index (χ0v) is 15.0. The second-order valence-corrected chi connectivity index (χ2v) is 7.54. The lowest BCUT2D eigenvalue weighted by Gasteiger charge is -2.32. The maximum Gasteiger partial charge on any atom is 0.524 e. The first-order valence-electron chi connectivity index (χ1n) is 8.41. The predicted octanol–water partition coefficient (Wildman–Crippen LogP) is 5.43. The number of hydrogen-bond acceptors (Lipinski definition) is 2. The lowest BCUT2D eigenvalue weighted by Crippen LogP contribution is -2.41. The highest BCUT2D eigenvalue weighted by molar-refractivity contribution is 6.53. The SMILES string of the molecule is CC(C=C(F)B1OC(C)(C)C(C)(C)O1)c1ccc2ccccc2c1. The van der Waals surface area contributed by atoms with Crippen molar-refractivity contribution in [3.63, 3.8) is 0 Å². The molecular formula is C20H24BFO2. The highest BCUT2D eigenvalue weighted by Crippen LogP contribution is 2.39. The molecule has 0 aromatic heterocycles. The molecule has 1 heterocycles. The van der Waals surface area contributed by atoms with Crippen LogP contribution >= 0.6 is 0 Å². The molecule has 2 nitrogen and oxygen atoms in total. The molecule has 0 radical (unpaired) electrons. The summed E-state index contributed by atoms with van der Waals surface area (Å²) in [6.07, 6.45) is 1.59. The van der Waals surface area contributed by atoms with Gasteiger partial charge in [-0.1, -0.05) is 49.4 Å². The first-order valence-corrected chi connectivity index (χ1v) is 8.41. The van der Waals surface area contributed by atoms with Crippen molar-refractivity contribution in [1.29, 1.82) is 0 Å². The average Bonchev–Trinajstić information content (AvgIpc) is 2.75. The summed E-state index contributed by atoms with van der Waals surface area (Å²) in [4.78, 5) is 0. The second kappa shape index (κ2) is 6.01. The van der Waals surface area contributed by atoms with Crippen molar-refractivity contribution in [1.82, 2.24) is 0 Å². The first kappa shape index (κ1) is 17.2. The maximum atomic E-state index is 14.7. The van der Waals surface area contributed by atoms with Gasteiger partial charge in [-0.15, -0.1) is 0 Å². The van der Waals surface area contributed by atoms with Gasteiger partial charge in [0.15, 0.2) is 0 Å². The Balaban J connectivity index is 1.82. The van der Waals surface area contributed by atoms with Crippen molar-refractivity contribution in [3.05, 3.63) is 59.8 Å². The summed E-state index contributed by atoms with van der Waals surface area (Å²) in [6.45, 7) is 9.68. The van der Waals surface area contributed by atoms with Gasteiger partial charge in [0.25, 0.3) is 0 Å². The number of fused-ring (bicyclic) bond motifs is 1. The van der Waals surface area contributed by atoms with Crippen LogP contribution in [-0.4, -0.2) is 18.3 Å². The Labute approximate surface area is 143 Å². The Morgan fingerprint density at radius 3 is 2.21 bits per heavy atom. The van der Waals surface area contributed by atoms with Crippen LogP contribution in [-0.2, 0) is 9.31 Å². The summed E-state index contributed by atoms with van der Waals surface area (Å²) < 4.78 is 26.2. The van der Waals surface area contributed by atoms with E-state index >= 15 is 0 Å². The molecule has 1 unspecified atom stereocenters. The lowest BCUT2D eigenvalue weighted by atomic mass is 9.84. The van der Waals surface area contributed by atoms with Crippen LogP contribution in [0.25, 0.3) is 10.8 Å². The Morgan fingerprint density at radius 1 is 1.00 bits per heavy atom. The van der Waals surface area contributed by atoms with Gasteiger partial charge in [-0.3, -0.25) is 0 Å². The average molecular weight is 326 g/mol. The number of hydrogen-bond donors (Lipinski definition) is 0. The van der Waals surface area contributed by atoms with Gasteiger partial charge in [0.1, 0.15) is 5.73 Å². The van der Waals surface area contributed by atoms with Crippen molar-refractivity contribution < 1.29 is 13.7 Å². The normalized spacial score (nSPS) is 21.2. The monoisotopic (exact) mass is 326 g/mol. The van der Waals surface area contributed by atoms with E-state index in [4.69, 9.17) is 9.31 Å². The molecule has 1 fully saturated rings. The third-order valence-corrected chi connectivity index (χ3v) is 5.19. The summed E-state index contributed by atoms with van der Waals surface area (Å²) in [5.74, 6) is -0.0615. The van der Waals surface area contributed by atoms with Gasteiger partial charge < -0.3 is 9.31 Å². The quantitative estimate of drug-likeness (QED) is 0.700. The minimum atomic E-state index is -0.932. The molecule has 0 N–H and O–H groups in total. The van der Waals surface area contributed by atoms with Crippen molar-refractivity contribution in [2.45, 2.75) is 51.7 Å². The molecule has 1 aliphatic heterocycles. The fourth-order valence-electron chi connectivity index (χ4n) is 2.86. The van der Waals surface area contributed by atoms with Gasteiger partial charge in [0, 0.05) is 5.92 Å². The Hall–Kier alpha value is -1.65. The summed E-state index contributed by atoms with van der Waals surface area (Å²) >= 11 is 0. The molecule has 2 aromatic rings. The van der Waals surface area contributed by atoms with E-state index in [1.54, 1.807) is 6.08 Å². The van der Waals surface area contributed by atoms with Crippen molar-refractivity contribution >= 4 is 17.9 Å². The van der Waals surface area contributed by atoms with Crippen LogP contribution in [0.15, 0.2) is 54.3 Å². The summed E-state index contributed by atoms with van der Waals surface area (Å²) in [5.41, 5.74) is -0.362. The fraction of sp³-hybridized carbons (Fsp3) is 0.400. The number of rotatable bonds is 3. The number of allylic oxidation sites excluding steroid dienone is 1. The molecular weight excluding hydrogens is 302 g/mol. The molecule has 1 aliphatic rings. The Bertz CT molecular complexity index is 766. The fourth-order valence-corrected chi connectivity index (χ4v) is 2.86. The molecule has 1 atom stereocenters. The molecule has 2 aromatic carbocycles. The molecule has 0 amide bonds. The molecule has 126 valence electrons. The van der Waals surface area contributed by atoms with E-state index in [1.807, 2.05) is 52.8 Å². The van der Waals surface area contributed by atoms with Crippen LogP contribution in [0.1, 0.15) is 46.1 Å². The van der Waals surface area contributed by atoms with Gasteiger partial charge in [0.2, 0.25) is 0 Å². The van der Waals surface area contributed by atoms with Gasteiger partial charge in [-0.2, -0.15) is 0 Å². The molecule has 4 heteroatoms. The number of halogens is 1. The van der Waals surface area contributed by atoms with Crippen LogP contribution in [0.2, 0.25) is 0 Å². The first-order chi connectivity index (χ1) is 11.2. The van der Waals surface area contributed by atoms with E-state index in [1.165, 1.54) is 5.39 Å². The van der Waals surface area contributed by atoms with E-state index in [0.29, 0.717) is 0 Å². The molecule has 0 aliphatic carbocycles. The smallest absolute Gasteiger partial charge is 0.398 e. The van der Waals surface area contributed by atoms with Gasteiger partial charge >= 0.3 is 7.12 Å². The maximum absolute atomic E-state index is 14.7. The number of benzene rings is 2. The van der Waals surface area contributed by atoms with Crippen LogP contribution in [0.4, 0.5) is 4.39 Å². The third kappa shape index (κ3) is 3.13. The van der Waals surface area contributed by atoms with Gasteiger partial charge in [-0.05, 0) is 50.1 Å². The van der Waals surface area contributed by atoms with Crippen LogP contribution < -0.4 is 0 Å². The molecule has 0 spiro atoms. The van der Waals surface area contributed by atoms with Gasteiger partial charge in [0.05, 0.1) is 11.2 Å². The zero-order chi connectivity index (χ0) is 17.5. The summed E-state index contributed by atoms with van der Waals surface area (Å²) in [7, 11) is -0.932. The molecule has 0 saturated carbocycles. The predicted molar refractivity (Wildman–Crippen MR) is 97.6 cm³/mol. The van der Waals surface area contributed by atoms with Crippen molar-refractivity contribution in [2.75, 3.05) is 0 Å². The van der Waals surface area contributed by atoms with E-state index in [0.717, 1.165) is 10.9 Å². The third-order valence-electron chi connectivity index (χ3n) is 5.19. The minimum absolute atomic E-state index is 0.0615. The topological polar surface area (TPSA) is 18.5 Å². The zero-order valence-electron chi connectivity index (χ0n) is 15.0. The summed E-state index contributed by atoms with van der Waals surface area (Å²) in [5, 5.41) is 2.34. The van der Waals surface area contributed by atoms with Crippen molar-refractivity contribution in [3.8, 4) is 0 Å². The van der Waals surface area contributed by atoms with E-state index < -0.39 is 18.3 Å². The van der Waals surface area contributed by atoms with E-state index in [9.17, 15) is 4.39 Å². The second-order valence-electron chi connectivity index (χ2n) is 7.54. The summed E-state index contributed by atoms with van der Waals surface area (Å²) in [6, 6.07) is 14.4. The standard InChI is InChI=1S/C20H24BFO2/c1-14(16-11-10-15-8-6-7-9-17(15)13-16)12-18(22)21-23-19(2,3)20(4,5)24-21/h6-14H,1-5H3. The van der Waals surface area contributed by atoms with E-state index in [2.05, 4.69) is 24.3 Å². The largest absolute Gasteiger partial charge is 0.524 e. The van der Waals surface area contributed by atoms with Crippen LogP contribution in [0, 0.1) is 0 Å². The highest BCUT2D eigenvalue weighted by Gasteiger charge is 2.53. The lowest BCUT2D eigenvalue weighted by molar-refractivity contribution is 0.00578. The van der Waals surface area contributed by atoms with Gasteiger partial charge in [-0.25, -0.2) is 4.39 Å². The highest BCUT2D eigenvalue weighted by atomic mass is 19.1. The Morgan fingerprint density at radius 2 is 1.58 bits per heavy atom. The molecule has 3 rings (SSSR count). The molecule has 24 heavy (non-hydrogen) atoms. The molecule has 1 saturated heterocycles. The Kier molecular flexibility index (Phi) is 4.31. The van der Waals surface area contributed by atoms with Crippen LogP contribution in [0.3, 0.4) is 0 Å². The van der Waals surface area contributed by atoms with Crippen molar-refractivity contribution in [2.24, 2.45) is 0 Å². The minimum Gasteiger partial charge on any atom is -0.398 e. The molecule has 0 bridgehead atoms. The van der Waals surface area contributed by atoms with E-state index in [-0.39, 0.29) is 11.6 Å².